The zero-order chi connectivity index (χ0) is 15.5. The molecule has 0 aliphatic rings. The van der Waals surface area contributed by atoms with Crippen molar-refractivity contribution in [3.8, 4) is 12.3 Å². The lowest BCUT2D eigenvalue weighted by atomic mass is 10.1. The van der Waals surface area contributed by atoms with Crippen LogP contribution in [0.25, 0.3) is 0 Å². The van der Waals surface area contributed by atoms with Crippen LogP contribution in [0.15, 0.2) is 17.0 Å². The second-order valence-corrected chi connectivity index (χ2v) is 6.36. The average Bonchev–Trinajstić information content (AvgIpc) is 2.37. The van der Waals surface area contributed by atoms with Crippen molar-refractivity contribution in [2.45, 2.75) is 18.7 Å². The Bertz CT molecular complexity index is 676. The maximum absolute atomic E-state index is 12.5. The minimum absolute atomic E-state index is 0.0448. The monoisotopic (exact) mass is 315 g/mol. The van der Waals surface area contributed by atoms with Gasteiger partial charge in [0.1, 0.15) is 0 Å². The molecule has 108 valence electrons. The average molecular weight is 316 g/mol. The fourth-order valence-corrected chi connectivity index (χ4v) is 3.67. The lowest BCUT2D eigenvalue weighted by Gasteiger charge is -2.20. The van der Waals surface area contributed by atoms with Crippen LogP contribution in [0.1, 0.15) is 22.8 Å². The zero-order valence-corrected chi connectivity index (χ0v) is 12.6. The van der Waals surface area contributed by atoms with Gasteiger partial charge in [-0.1, -0.05) is 24.4 Å². The zero-order valence-electron chi connectivity index (χ0n) is 11.1. The maximum Gasteiger partial charge on any atom is 0.336 e. The predicted molar refractivity (Wildman–Crippen MR) is 76.4 cm³/mol. The van der Waals surface area contributed by atoms with Gasteiger partial charge in [-0.2, -0.15) is 4.31 Å². The normalized spacial score (nSPS) is 11.3. The summed E-state index contributed by atoms with van der Waals surface area (Å²) in [6.45, 7) is 3.16. The molecule has 0 bridgehead atoms. The van der Waals surface area contributed by atoms with Gasteiger partial charge in [-0.25, -0.2) is 13.2 Å². The van der Waals surface area contributed by atoms with Crippen molar-refractivity contribution in [1.82, 2.24) is 4.31 Å². The van der Waals surface area contributed by atoms with Crippen molar-refractivity contribution < 1.29 is 18.3 Å². The molecule has 0 unspecified atom stereocenters. The number of aromatic carboxylic acids is 1. The third-order valence-corrected chi connectivity index (χ3v) is 5.06. The van der Waals surface area contributed by atoms with E-state index in [1.54, 1.807) is 6.92 Å². The smallest absolute Gasteiger partial charge is 0.336 e. The Morgan fingerprint density at radius 3 is 2.55 bits per heavy atom. The largest absolute Gasteiger partial charge is 0.478 e. The molecule has 1 aromatic carbocycles. The van der Waals surface area contributed by atoms with Crippen LogP contribution in [0, 0.1) is 19.3 Å². The number of halogens is 1. The van der Waals surface area contributed by atoms with Crippen molar-refractivity contribution in [1.29, 1.82) is 0 Å². The first-order chi connectivity index (χ1) is 9.25. The quantitative estimate of drug-likeness (QED) is 0.843. The molecule has 0 saturated heterocycles. The lowest BCUT2D eigenvalue weighted by Crippen LogP contribution is -2.32. The molecule has 0 saturated carbocycles. The van der Waals surface area contributed by atoms with Gasteiger partial charge in [0.15, 0.2) is 0 Å². The highest BCUT2D eigenvalue weighted by molar-refractivity contribution is 7.89. The van der Waals surface area contributed by atoms with Crippen LogP contribution in [0.2, 0.25) is 5.02 Å². The third-order valence-electron chi connectivity index (χ3n) is 2.79. The van der Waals surface area contributed by atoms with Gasteiger partial charge in [-0.3, -0.25) is 0 Å². The van der Waals surface area contributed by atoms with Gasteiger partial charge >= 0.3 is 5.97 Å². The van der Waals surface area contributed by atoms with Gasteiger partial charge in [0, 0.05) is 11.6 Å². The molecule has 1 aromatic rings. The van der Waals surface area contributed by atoms with E-state index in [4.69, 9.17) is 23.1 Å². The molecular formula is C13H14ClNO4S. The molecule has 0 amide bonds. The summed E-state index contributed by atoms with van der Waals surface area (Å²) in [5.41, 5.74) is -0.00907. The van der Waals surface area contributed by atoms with E-state index < -0.39 is 16.0 Å². The molecule has 0 spiro atoms. The fraction of sp³-hybridized carbons (Fsp3) is 0.308. The molecule has 0 aliphatic carbocycles. The first-order valence-corrected chi connectivity index (χ1v) is 7.54. The first-order valence-electron chi connectivity index (χ1n) is 5.72. The topological polar surface area (TPSA) is 74.7 Å². The summed E-state index contributed by atoms with van der Waals surface area (Å²) in [5.74, 6) is 1.03. The summed E-state index contributed by atoms with van der Waals surface area (Å²) < 4.78 is 26.0. The molecule has 1 N–H and O–H groups in total. The van der Waals surface area contributed by atoms with Crippen molar-refractivity contribution >= 4 is 27.6 Å². The van der Waals surface area contributed by atoms with E-state index in [0.29, 0.717) is 0 Å². The molecule has 5 nitrogen and oxygen atoms in total. The highest BCUT2D eigenvalue weighted by atomic mass is 35.5. The van der Waals surface area contributed by atoms with E-state index in [0.717, 1.165) is 4.31 Å². The number of carboxylic acids is 1. The molecule has 0 aliphatic heterocycles. The molecule has 0 radical (unpaired) electrons. The van der Waals surface area contributed by atoms with Crippen molar-refractivity contribution in [2.24, 2.45) is 0 Å². The summed E-state index contributed by atoms with van der Waals surface area (Å²) >= 11 is 5.81. The van der Waals surface area contributed by atoms with Crippen LogP contribution >= 0.6 is 11.6 Å². The summed E-state index contributed by atoms with van der Waals surface area (Å²) in [6, 6.07) is 2.45. The summed E-state index contributed by atoms with van der Waals surface area (Å²) in [4.78, 5) is 11.0. The number of terminal acetylenes is 1. The van der Waals surface area contributed by atoms with Crippen molar-refractivity contribution in [3.05, 3.63) is 28.3 Å². The number of sulfonamides is 1. The molecular weight excluding hydrogens is 302 g/mol. The minimum atomic E-state index is -3.88. The Balaban J connectivity index is 3.54. The number of benzene rings is 1. The Hall–Kier alpha value is -1.55. The fourth-order valence-electron chi connectivity index (χ4n) is 1.75. The Morgan fingerprint density at radius 2 is 2.10 bits per heavy atom. The number of carbonyl (C=O) groups is 1. The molecule has 0 heterocycles. The van der Waals surface area contributed by atoms with Gasteiger partial charge in [0.05, 0.1) is 17.0 Å². The first kappa shape index (κ1) is 16.5. The Morgan fingerprint density at radius 1 is 1.50 bits per heavy atom. The molecule has 0 fully saturated rings. The predicted octanol–water partition coefficient (Wildman–Crippen LogP) is 1.99. The molecule has 20 heavy (non-hydrogen) atoms. The number of nitrogens with zero attached hydrogens (tertiary/aromatic N) is 1. The number of rotatable bonds is 5. The van der Waals surface area contributed by atoms with E-state index in [9.17, 15) is 13.2 Å². The van der Waals surface area contributed by atoms with Gasteiger partial charge in [0.2, 0.25) is 10.0 Å². The second kappa shape index (κ2) is 6.27. The number of hydrogen-bond donors (Lipinski definition) is 1. The highest BCUT2D eigenvalue weighted by Crippen LogP contribution is 2.27. The van der Waals surface area contributed by atoms with Gasteiger partial charge in [-0.15, -0.1) is 6.42 Å². The van der Waals surface area contributed by atoms with Gasteiger partial charge in [0.25, 0.3) is 0 Å². The van der Waals surface area contributed by atoms with Crippen LogP contribution in [-0.2, 0) is 10.0 Å². The third kappa shape index (κ3) is 3.12. The Labute approximate surface area is 123 Å². The minimum Gasteiger partial charge on any atom is -0.478 e. The van der Waals surface area contributed by atoms with Gasteiger partial charge < -0.3 is 5.11 Å². The Kier molecular flexibility index (Phi) is 5.17. The molecule has 7 heteroatoms. The summed E-state index contributed by atoms with van der Waals surface area (Å²) in [6.07, 6.45) is 5.15. The van der Waals surface area contributed by atoms with E-state index in [1.165, 1.54) is 19.1 Å². The summed E-state index contributed by atoms with van der Waals surface area (Å²) in [7, 11) is -3.88. The molecule has 1 rings (SSSR count). The van der Waals surface area contributed by atoms with E-state index in [2.05, 4.69) is 5.92 Å². The number of carboxylic acid groups (broad SMARTS) is 1. The number of hydrogen-bond acceptors (Lipinski definition) is 3. The highest BCUT2D eigenvalue weighted by Gasteiger charge is 2.27. The maximum atomic E-state index is 12.5. The van der Waals surface area contributed by atoms with Crippen LogP contribution in [0.5, 0.6) is 0 Å². The van der Waals surface area contributed by atoms with Crippen LogP contribution in [0.4, 0.5) is 0 Å². The van der Waals surface area contributed by atoms with Crippen LogP contribution in [-0.4, -0.2) is 36.9 Å². The van der Waals surface area contributed by atoms with E-state index in [-0.39, 0.29) is 34.1 Å². The van der Waals surface area contributed by atoms with E-state index in [1.807, 2.05) is 0 Å². The SMILES string of the molecule is C#CCN(CC)S(=O)(=O)c1cc(Cl)cc(C(=O)O)c1C. The van der Waals surface area contributed by atoms with Crippen molar-refractivity contribution in [2.75, 3.05) is 13.1 Å². The van der Waals surface area contributed by atoms with E-state index >= 15 is 0 Å². The van der Waals surface area contributed by atoms with Crippen molar-refractivity contribution in [3.63, 3.8) is 0 Å². The van der Waals surface area contributed by atoms with Crippen LogP contribution < -0.4 is 0 Å². The molecule has 0 atom stereocenters. The van der Waals surface area contributed by atoms with Gasteiger partial charge in [-0.05, 0) is 24.6 Å². The van der Waals surface area contributed by atoms with Crippen LogP contribution in [0.3, 0.4) is 0 Å². The standard InChI is InChI=1S/C13H14ClNO4S/c1-4-6-15(5-2)20(18,19)12-8-10(14)7-11(9(12)3)13(16)17/h1,7-8H,5-6H2,2-3H3,(H,16,17). The molecule has 0 aromatic heterocycles. The lowest BCUT2D eigenvalue weighted by molar-refractivity contribution is 0.0696. The second-order valence-electron chi connectivity index (χ2n) is 4.02. The summed E-state index contributed by atoms with van der Waals surface area (Å²) in [5, 5.41) is 9.12.